The predicted molar refractivity (Wildman–Crippen MR) is 61.6 cm³/mol. The molecule has 1 aliphatic carbocycles. The number of halogens is 1. The molecule has 0 heterocycles. The van der Waals surface area contributed by atoms with Crippen molar-refractivity contribution in [1.82, 2.24) is 0 Å². The highest BCUT2D eigenvalue weighted by atomic mass is 19.1. The van der Waals surface area contributed by atoms with E-state index in [1.165, 1.54) is 6.07 Å². The zero-order valence-corrected chi connectivity index (χ0v) is 9.32. The second kappa shape index (κ2) is 4.52. The number of aliphatic hydroxyl groups excluding tert-OH is 1. The molecule has 1 aromatic carbocycles. The summed E-state index contributed by atoms with van der Waals surface area (Å²) in [7, 11) is 0. The van der Waals surface area contributed by atoms with Gasteiger partial charge in [-0.05, 0) is 31.0 Å². The molecule has 0 saturated heterocycles. The molecular formula is C13H18FNO. The van der Waals surface area contributed by atoms with Gasteiger partial charge in [0.15, 0.2) is 0 Å². The van der Waals surface area contributed by atoms with Crippen LogP contribution in [0.1, 0.15) is 30.7 Å². The van der Waals surface area contributed by atoms with Gasteiger partial charge in [-0.25, -0.2) is 4.39 Å². The summed E-state index contributed by atoms with van der Waals surface area (Å²) in [5.41, 5.74) is 6.24. The lowest BCUT2D eigenvalue weighted by Crippen LogP contribution is -2.42. The highest BCUT2D eigenvalue weighted by molar-refractivity contribution is 5.25. The normalized spacial score (nSPS) is 20.2. The first-order chi connectivity index (χ1) is 7.73. The van der Waals surface area contributed by atoms with Crippen molar-refractivity contribution in [2.24, 2.45) is 11.1 Å². The maximum absolute atomic E-state index is 13.7. The van der Waals surface area contributed by atoms with Gasteiger partial charge in [0, 0.05) is 17.9 Å². The summed E-state index contributed by atoms with van der Waals surface area (Å²) in [5, 5.41) is 9.51. The molecule has 0 radical (unpaired) electrons. The van der Waals surface area contributed by atoms with Crippen LogP contribution in [0.3, 0.4) is 0 Å². The second-order valence-electron chi connectivity index (χ2n) is 4.68. The van der Waals surface area contributed by atoms with Crippen molar-refractivity contribution in [2.45, 2.75) is 25.2 Å². The van der Waals surface area contributed by atoms with E-state index in [-0.39, 0.29) is 23.8 Å². The van der Waals surface area contributed by atoms with Crippen LogP contribution in [-0.2, 0) is 0 Å². The van der Waals surface area contributed by atoms with Gasteiger partial charge in [0.25, 0.3) is 0 Å². The van der Waals surface area contributed by atoms with E-state index in [1.54, 1.807) is 12.1 Å². The van der Waals surface area contributed by atoms with Crippen molar-refractivity contribution in [3.05, 3.63) is 35.6 Å². The Balaban J connectivity index is 2.32. The van der Waals surface area contributed by atoms with Crippen LogP contribution in [0.2, 0.25) is 0 Å². The van der Waals surface area contributed by atoms with Crippen molar-refractivity contribution < 1.29 is 9.50 Å². The lowest BCUT2D eigenvalue weighted by Gasteiger charge is -2.46. The Kier molecular flexibility index (Phi) is 3.26. The first-order valence-corrected chi connectivity index (χ1v) is 5.79. The SMILES string of the molecule is NC[C@@H](c1ccccc1F)C1(CO)CCC1. The molecule has 0 unspecified atom stereocenters. The third-order valence-electron chi connectivity index (χ3n) is 3.92. The van der Waals surface area contributed by atoms with E-state index in [0.29, 0.717) is 12.1 Å². The quantitative estimate of drug-likeness (QED) is 0.820. The molecule has 1 aliphatic rings. The Hall–Kier alpha value is -0.930. The van der Waals surface area contributed by atoms with Crippen LogP contribution in [0, 0.1) is 11.2 Å². The minimum atomic E-state index is -0.210. The molecule has 1 saturated carbocycles. The highest BCUT2D eigenvalue weighted by Crippen LogP contribution is 2.51. The molecule has 2 rings (SSSR count). The van der Waals surface area contributed by atoms with Crippen molar-refractivity contribution in [2.75, 3.05) is 13.2 Å². The summed E-state index contributed by atoms with van der Waals surface area (Å²) >= 11 is 0. The first kappa shape index (κ1) is 11.6. The topological polar surface area (TPSA) is 46.2 Å². The summed E-state index contributed by atoms with van der Waals surface area (Å²) in [6.07, 6.45) is 2.99. The Morgan fingerprint density at radius 1 is 1.38 bits per heavy atom. The van der Waals surface area contributed by atoms with E-state index in [1.807, 2.05) is 6.07 Å². The van der Waals surface area contributed by atoms with Crippen LogP contribution >= 0.6 is 0 Å². The number of hydrogen-bond acceptors (Lipinski definition) is 2. The maximum atomic E-state index is 13.7. The molecule has 1 atom stereocenters. The molecule has 0 spiro atoms. The molecule has 1 aromatic rings. The van der Waals surface area contributed by atoms with Gasteiger partial charge in [-0.2, -0.15) is 0 Å². The summed E-state index contributed by atoms with van der Waals surface area (Å²) in [4.78, 5) is 0. The van der Waals surface area contributed by atoms with Crippen LogP contribution in [0.15, 0.2) is 24.3 Å². The van der Waals surface area contributed by atoms with E-state index < -0.39 is 0 Å². The third kappa shape index (κ3) is 1.74. The molecule has 0 aromatic heterocycles. The smallest absolute Gasteiger partial charge is 0.126 e. The Morgan fingerprint density at radius 2 is 2.06 bits per heavy atom. The Bertz CT molecular complexity index is 357. The van der Waals surface area contributed by atoms with Crippen LogP contribution in [0.4, 0.5) is 4.39 Å². The van der Waals surface area contributed by atoms with E-state index in [0.717, 1.165) is 19.3 Å². The largest absolute Gasteiger partial charge is 0.396 e. The second-order valence-corrected chi connectivity index (χ2v) is 4.68. The number of rotatable bonds is 4. The van der Waals surface area contributed by atoms with Gasteiger partial charge in [-0.15, -0.1) is 0 Å². The van der Waals surface area contributed by atoms with Gasteiger partial charge >= 0.3 is 0 Å². The molecule has 0 amide bonds. The fourth-order valence-electron chi connectivity index (χ4n) is 2.71. The van der Waals surface area contributed by atoms with Gasteiger partial charge in [-0.3, -0.25) is 0 Å². The molecule has 88 valence electrons. The highest BCUT2D eigenvalue weighted by Gasteiger charge is 2.44. The van der Waals surface area contributed by atoms with Crippen molar-refractivity contribution in [1.29, 1.82) is 0 Å². The Labute approximate surface area is 95.3 Å². The summed E-state index contributed by atoms with van der Waals surface area (Å²) in [6, 6.07) is 6.74. The van der Waals surface area contributed by atoms with Crippen molar-refractivity contribution in [3.63, 3.8) is 0 Å². The average Bonchev–Trinajstić information content (AvgIpc) is 2.25. The molecular weight excluding hydrogens is 205 g/mol. The summed E-state index contributed by atoms with van der Waals surface area (Å²) < 4.78 is 13.7. The van der Waals surface area contributed by atoms with Gasteiger partial charge in [0.05, 0.1) is 0 Å². The number of nitrogens with two attached hydrogens (primary N) is 1. The van der Waals surface area contributed by atoms with Crippen LogP contribution in [0.25, 0.3) is 0 Å². The molecule has 0 bridgehead atoms. The first-order valence-electron chi connectivity index (χ1n) is 5.79. The average molecular weight is 223 g/mol. The molecule has 16 heavy (non-hydrogen) atoms. The van der Waals surface area contributed by atoms with Crippen molar-refractivity contribution >= 4 is 0 Å². The molecule has 3 heteroatoms. The van der Waals surface area contributed by atoms with E-state index in [9.17, 15) is 9.50 Å². The van der Waals surface area contributed by atoms with E-state index >= 15 is 0 Å². The van der Waals surface area contributed by atoms with Crippen LogP contribution in [-0.4, -0.2) is 18.3 Å². The predicted octanol–water partition coefficient (Wildman–Crippen LogP) is 2.03. The third-order valence-corrected chi connectivity index (χ3v) is 3.92. The number of benzene rings is 1. The van der Waals surface area contributed by atoms with Gasteiger partial charge < -0.3 is 10.8 Å². The molecule has 2 nitrogen and oxygen atoms in total. The minimum absolute atomic E-state index is 0.0625. The zero-order chi connectivity index (χ0) is 11.6. The molecule has 3 N–H and O–H groups in total. The lowest BCUT2D eigenvalue weighted by molar-refractivity contribution is 0.0182. The standard InChI is InChI=1S/C13H18FNO/c14-12-5-2-1-4-10(12)11(8-15)13(9-16)6-3-7-13/h1-2,4-5,11,16H,3,6-9,15H2/t11-/m0/s1. The fraction of sp³-hybridized carbons (Fsp3) is 0.538. The van der Waals surface area contributed by atoms with E-state index in [4.69, 9.17) is 5.73 Å². The van der Waals surface area contributed by atoms with E-state index in [2.05, 4.69) is 0 Å². The molecule has 0 aliphatic heterocycles. The fourth-order valence-corrected chi connectivity index (χ4v) is 2.71. The van der Waals surface area contributed by atoms with Gasteiger partial charge in [-0.1, -0.05) is 24.6 Å². The Morgan fingerprint density at radius 3 is 2.50 bits per heavy atom. The summed E-state index contributed by atoms with van der Waals surface area (Å²) in [6.45, 7) is 0.491. The van der Waals surface area contributed by atoms with Crippen LogP contribution in [0.5, 0.6) is 0 Å². The number of hydrogen-bond donors (Lipinski definition) is 2. The zero-order valence-electron chi connectivity index (χ0n) is 9.32. The lowest BCUT2D eigenvalue weighted by atomic mass is 9.59. The summed E-state index contributed by atoms with van der Waals surface area (Å²) in [5.74, 6) is -0.273. The van der Waals surface area contributed by atoms with Gasteiger partial charge in [0.1, 0.15) is 5.82 Å². The number of aliphatic hydroxyl groups is 1. The maximum Gasteiger partial charge on any atom is 0.126 e. The minimum Gasteiger partial charge on any atom is -0.396 e. The van der Waals surface area contributed by atoms with Crippen molar-refractivity contribution in [3.8, 4) is 0 Å². The van der Waals surface area contributed by atoms with Crippen LogP contribution < -0.4 is 5.73 Å². The van der Waals surface area contributed by atoms with Gasteiger partial charge in [0.2, 0.25) is 0 Å². The monoisotopic (exact) mass is 223 g/mol. The molecule has 1 fully saturated rings.